The normalized spacial score (nSPS) is 10.9. The Kier molecular flexibility index (Phi) is 7.52. The van der Waals surface area contributed by atoms with Crippen LogP contribution < -0.4 is 4.90 Å². The van der Waals surface area contributed by atoms with Gasteiger partial charge in [-0.3, -0.25) is 9.69 Å². The van der Waals surface area contributed by atoms with Gasteiger partial charge in [0.25, 0.3) is 0 Å². The van der Waals surface area contributed by atoms with Crippen LogP contribution in [0, 0.1) is 5.82 Å². The van der Waals surface area contributed by atoms with Gasteiger partial charge in [-0.1, -0.05) is 23.5 Å². The molecule has 26 heavy (non-hydrogen) atoms. The molecule has 3 aromatic rings. The molecule has 0 bridgehead atoms. The fourth-order valence-electron chi connectivity index (χ4n) is 2.55. The van der Waals surface area contributed by atoms with Crippen LogP contribution in [0.5, 0.6) is 0 Å². The van der Waals surface area contributed by atoms with E-state index < -0.39 is 0 Å². The van der Waals surface area contributed by atoms with E-state index in [2.05, 4.69) is 9.88 Å². The Morgan fingerprint density at radius 2 is 2.00 bits per heavy atom. The second kappa shape index (κ2) is 9.41. The standard InChI is InChI=1S/C18H20FN3OS2.ClH/c1-21(2)9-5-10-22(16(23)12-13-6-4-11-24-13)18-20-17-14(19)7-3-8-15(17)25-18;/h3-4,6-8,11H,5,9-10,12H2,1-2H3;1H. The third kappa shape index (κ3) is 5.01. The summed E-state index contributed by atoms with van der Waals surface area (Å²) in [5, 5.41) is 2.53. The largest absolute Gasteiger partial charge is 0.309 e. The summed E-state index contributed by atoms with van der Waals surface area (Å²) >= 11 is 2.93. The van der Waals surface area contributed by atoms with E-state index in [0.717, 1.165) is 22.5 Å². The summed E-state index contributed by atoms with van der Waals surface area (Å²) in [5.41, 5.74) is 0.337. The highest BCUT2D eigenvalue weighted by molar-refractivity contribution is 7.22. The van der Waals surface area contributed by atoms with E-state index in [9.17, 15) is 9.18 Å². The van der Waals surface area contributed by atoms with Gasteiger partial charge < -0.3 is 4.90 Å². The van der Waals surface area contributed by atoms with Gasteiger partial charge in [0.15, 0.2) is 5.13 Å². The monoisotopic (exact) mass is 413 g/mol. The number of aromatic nitrogens is 1. The van der Waals surface area contributed by atoms with Crippen molar-refractivity contribution in [3.05, 3.63) is 46.4 Å². The fourth-order valence-corrected chi connectivity index (χ4v) is 4.27. The van der Waals surface area contributed by atoms with Crippen LogP contribution in [0.2, 0.25) is 0 Å². The Labute approximate surface area is 166 Å². The number of rotatable bonds is 7. The molecule has 2 heterocycles. The summed E-state index contributed by atoms with van der Waals surface area (Å²) in [6.45, 7) is 1.45. The zero-order valence-corrected chi connectivity index (χ0v) is 17.1. The van der Waals surface area contributed by atoms with Crippen LogP contribution in [0.15, 0.2) is 35.7 Å². The Balaban J connectivity index is 0.00000243. The van der Waals surface area contributed by atoms with Crippen LogP contribution in [-0.4, -0.2) is 43.0 Å². The molecule has 0 aliphatic heterocycles. The highest BCUT2D eigenvalue weighted by Gasteiger charge is 2.21. The van der Waals surface area contributed by atoms with Gasteiger partial charge in [0.05, 0.1) is 11.1 Å². The maximum absolute atomic E-state index is 14.0. The first-order valence-corrected chi connectivity index (χ1v) is 9.77. The Bertz CT molecular complexity index is 851. The van der Waals surface area contributed by atoms with E-state index >= 15 is 0 Å². The number of para-hydroxylation sites is 1. The molecule has 0 saturated carbocycles. The summed E-state index contributed by atoms with van der Waals surface area (Å²) < 4.78 is 14.7. The third-order valence-corrected chi connectivity index (χ3v) is 5.70. The average molecular weight is 414 g/mol. The first-order chi connectivity index (χ1) is 12.0. The molecular formula is C18H21ClFN3OS2. The summed E-state index contributed by atoms with van der Waals surface area (Å²) in [7, 11) is 4.01. The highest BCUT2D eigenvalue weighted by Crippen LogP contribution is 2.31. The van der Waals surface area contributed by atoms with Crippen LogP contribution in [0.25, 0.3) is 10.2 Å². The van der Waals surface area contributed by atoms with Crippen molar-refractivity contribution in [1.29, 1.82) is 0 Å². The van der Waals surface area contributed by atoms with E-state index in [1.165, 1.54) is 17.4 Å². The van der Waals surface area contributed by atoms with Gasteiger partial charge in [0.2, 0.25) is 5.91 Å². The Hall–Kier alpha value is -1.54. The number of thiazole rings is 1. The molecular weight excluding hydrogens is 393 g/mol. The molecule has 8 heteroatoms. The lowest BCUT2D eigenvalue weighted by Gasteiger charge is -2.20. The number of carbonyl (C=O) groups excluding carboxylic acids is 1. The molecule has 0 fully saturated rings. The zero-order chi connectivity index (χ0) is 17.8. The zero-order valence-electron chi connectivity index (χ0n) is 14.6. The third-order valence-electron chi connectivity index (χ3n) is 3.78. The maximum atomic E-state index is 14.0. The molecule has 0 unspecified atom stereocenters. The number of hydrogen-bond donors (Lipinski definition) is 0. The van der Waals surface area contributed by atoms with Crippen molar-refractivity contribution in [3.8, 4) is 0 Å². The summed E-state index contributed by atoms with van der Waals surface area (Å²) in [6, 6.07) is 8.80. The van der Waals surface area contributed by atoms with Gasteiger partial charge in [-0.2, -0.15) is 0 Å². The molecule has 2 aromatic heterocycles. The second-order valence-corrected chi connectivity index (χ2v) is 8.08. The molecule has 0 saturated heterocycles. The fraction of sp³-hybridized carbons (Fsp3) is 0.333. The van der Waals surface area contributed by atoms with Gasteiger partial charge in [0, 0.05) is 11.4 Å². The van der Waals surface area contributed by atoms with Crippen LogP contribution in [0.4, 0.5) is 9.52 Å². The van der Waals surface area contributed by atoms with Gasteiger partial charge in [0.1, 0.15) is 11.3 Å². The summed E-state index contributed by atoms with van der Waals surface area (Å²) in [6.07, 6.45) is 1.18. The SMILES string of the molecule is CN(C)CCCN(C(=O)Cc1cccs1)c1nc2c(F)cccc2s1.Cl. The number of halogens is 2. The molecule has 0 radical (unpaired) electrons. The van der Waals surface area contributed by atoms with Crippen molar-refractivity contribution >= 4 is 56.3 Å². The van der Waals surface area contributed by atoms with Crippen molar-refractivity contribution in [2.45, 2.75) is 12.8 Å². The molecule has 0 aliphatic rings. The predicted molar refractivity (Wildman–Crippen MR) is 110 cm³/mol. The number of hydrogen-bond acceptors (Lipinski definition) is 5. The Morgan fingerprint density at radius 1 is 1.19 bits per heavy atom. The van der Waals surface area contributed by atoms with E-state index in [0.29, 0.717) is 23.6 Å². The van der Waals surface area contributed by atoms with Crippen molar-refractivity contribution in [3.63, 3.8) is 0 Å². The van der Waals surface area contributed by atoms with Crippen molar-refractivity contribution < 1.29 is 9.18 Å². The van der Waals surface area contributed by atoms with E-state index in [-0.39, 0.29) is 24.1 Å². The lowest BCUT2D eigenvalue weighted by molar-refractivity contribution is -0.118. The number of amides is 1. The number of benzene rings is 1. The molecule has 3 rings (SSSR count). The van der Waals surface area contributed by atoms with E-state index in [1.54, 1.807) is 22.3 Å². The number of nitrogens with zero attached hydrogens (tertiary/aromatic N) is 3. The van der Waals surface area contributed by atoms with E-state index in [1.807, 2.05) is 37.7 Å². The lowest BCUT2D eigenvalue weighted by atomic mass is 10.3. The minimum absolute atomic E-state index is 0. The lowest BCUT2D eigenvalue weighted by Crippen LogP contribution is -2.34. The highest BCUT2D eigenvalue weighted by atomic mass is 35.5. The average Bonchev–Trinajstić information content (AvgIpc) is 3.21. The van der Waals surface area contributed by atoms with Gasteiger partial charge in [-0.15, -0.1) is 23.7 Å². The van der Waals surface area contributed by atoms with Crippen molar-refractivity contribution in [2.24, 2.45) is 0 Å². The smallest absolute Gasteiger partial charge is 0.234 e. The minimum atomic E-state index is -0.348. The number of carbonyl (C=O) groups is 1. The van der Waals surface area contributed by atoms with E-state index in [4.69, 9.17) is 0 Å². The molecule has 0 N–H and O–H groups in total. The maximum Gasteiger partial charge on any atom is 0.234 e. The molecule has 1 amide bonds. The molecule has 0 atom stereocenters. The quantitative estimate of drug-likeness (QED) is 0.574. The number of anilines is 1. The molecule has 0 spiro atoms. The molecule has 140 valence electrons. The van der Waals surface area contributed by atoms with Gasteiger partial charge in [-0.25, -0.2) is 9.37 Å². The van der Waals surface area contributed by atoms with Crippen LogP contribution in [-0.2, 0) is 11.2 Å². The van der Waals surface area contributed by atoms with Crippen LogP contribution in [0.3, 0.4) is 0 Å². The predicted octanol–water partition coefficient (Wildman–Crippen LogP) is 4.45. The molecule has 4 nitrogen and oxygen atoms in total. The number of thiophene rings is 1. The second-order valence-electron chi connectivity index (χ2n) is 6.04. The van der Waals surface area contributed by atoms with Crippen molar-refractivity contribution in [1.82, 2.24) is 9.88 Å². The first-order valence-electron chi connectivity index (χ1n) is 8.07. The summed E-state index contributed by atoms with van der Waals surface area (Å²) in [4.78, 5) is 22.0. The van der Waals surface area contributed by atoms with Crippen LogP contribution >= 0.6 is 35.1 Å². The summed E-state index contributed by atoms with van der Waals surface area (Å²) in [5.74, 6) is -0.348. The first kappa shape index (κ1) is 20.8. The topological polar surface area (TPSA) is 36.4 Å². The molecule has 0 aliphatic carbocycles. The van der Waals surface area contributed by atoms with Crippen molar-refractivity contribution in [2.75, 3.05) is 32.1 Å². The Morgan fingerprint density at radius 3 is 2.65 bits per heavy atom. The minimum Gasteiger partial charge on any atom is -0.309 e. The van der Waals surface area contributed by atoms with Gasteiger partial charge >= 0.3 is 0 Å². The molecule has 1 aromatic carbocycles. The van der Waals surface area contributed by atoms with Gasteiger partial charge in [-0.05, 0) is 50.6 Å². The van der Waals surface area contributed by atoms with Crippen LogP contribution in [0.1, 0.15) is 11.3 Å². The number of fused-ring (bicyclic) bond motifs is 1.